The van der Waals surface area contributed by atoms with Crippen LogP contribution in [0.5, 0.6) is 0 Å². The van der Waals surface area contributed by atoms with Crippen LogP contribution in [0.15, 0.2) is 58.5 Å². The lowest BCUT2D eigenvalue weighted by molar-refractivity contribution is -0.136. The minimum absolute atomic E-state index is 0.181. The molecule has 12 nitrogen and oxygen atoms in total. The van der Waals surface area contributed by atoms with Crippen LogP contribution in [0.2, 0.25) is 0 Å². The first-order valence-electron chi connectivity index (χ1n) is 9.42. The van der Waals surface area contributed by atoms with Crippen LogP contribution in [0.25, 0.3) is 0 Å². The molecule has 2 aromatic rings. The van der Waals surface area contributed by atoms with E-state index in [9.17, 15) is 24.0 Å². The molecule has 12 heteroatoms. The van der Waals surface area contributed by atoms with Gasteiger partial charge in [-0.05, 0) is 0 Å². The minimum atomic E-state index is -1.01. The fourth-order valence-corrected chi connectivity index (χ4v) is 2.00. The van der Waals surface area contributed by atoms with Crippen molar-refractivity contribution in [1.82, 2.24) is 5.43 Å². The molecule has 0 radical (unpaired) electrons. The van der Waals surface area contributed by atoms with E-state index in [-0.39, 0.29) is 19.6 Å². The molecule has 0 aliphatic heterocycles. The summed E-state index contributed by atoms with van der Waals surface area (Å²) in [4.78, 5) is 58.0. The Morgan fingerprint density at radius 2 is 1.06 bits per heavy atom. The second-order valence-corrected chi connectivity index (χ2v) is 6.00. The number of nitrogens with two attached hydrogens (primary N) is 1. The predicted octanol–water partition coefficient (Wildman–Crippen LogP) is 0.540. The lowest BCUT2D eigenvalue weighted by Crippen LogP contribution is -2.28. The van der Waals surface area contributed by atoms with Gasteiger partial charge in [-0.2, -0.15) is 0 Å². The van der Waals surface area contributed by atoms with Gasteiger partial charge in [0.2, 0.25) is 0 Å². The van der Waals surface area contributed by atoms with Crippen LogP contribution in [-0.2, 0) is 14.4 Å². The lowest BCUT2D eigenvalue weighted by Gasteiger charge is -1.98. The molecular formula is C22H24N4O8. The summed E-state index contributed by atoms with van der Waals surface area (Å²) in [6.45, 7) is -0.790. The van der Waals surface area contributed by atoms with Crippen molar-refractivity contribution in [3.05, 3.63) is 70.8 Å². The third-order valence-corrected chi connectivity index (χ3v) is 3.41. The monoisotopic (exact) mass is 472 g/mol. The summed E-state index contributed by atoms with van der Waals surface area (Å²) in [7, 11) is 0. The summed E-state index contributed by atoms with van der Waals surface area (Å²) in [5, 5.41) is 24.7. The van der Waals surface area contributed by atoms with Gasteiger partial charge < -0.3 is 15.3 Å². The smallest absolute Gasteiger partial charge is 0.325 e. The van der Waals surface area contributed by atoms with E-state index in [1.54, 1.807) is 48.5 Å². The summed E-state index contributed by atoms with van der Waals surface area (Å²) >= 11 is 0. The molecule has 0 spiro atoms. The van der Waals surface area contributed by atoms with Gasteiger partial charge in [0.25, 0.3) is 0 Å². The van der Waals surface area contributed by atoms with Crippen molar-refractivity contribution >= 4 is 42.9 Å². The van der Waals surface area contributed by atoms with Crippen molar-refractivity contribution in [3.63, 3.8) is 0 Å². The van der Waals surface area contributed by atoms with Crippen LogP contribution >= 0.6 is 0 Å². The maximum atomic E-state index is 10.3. The van der Waals surface area contributed by atoms with Gasteiger partial charge in [-0.3, -0.25) is 39.8 Å². The van der Waals surface area contributed by atoms with Crippen molar-refractivity contribution in [2.24, 2.45) is 15.8 Å². The van der Waals surface area contributed by atoms with E-state index in [0.29, 0.717) is 34.8 Å². The fraction of sp³-hybridized carbons (Fsp3) is 0.136. The Balaban J connectivity index is 0.000000568. The Morgan fingerprint density at radius 1 is 0.706 bits per heavy atom. The van der Waals surface area contributed by atoms with Crippen molar-refractivity contribution in [3.8, 4) is 0 Å². The quantitative estimate of drug-likeness (QED) is 0.140. The number of carbonyl (C=O) groups excluding carboxylic acids is 2. The van der Waals surface area contributed by atoms with E-state index in [4.69, 9.17) is 15.3 Å². The van der Waals surface area contributed by atoms with Crippen molar-refractivity contribution in [2.45, 2.75) is 0 Å². The number of hydrogen-bond donors (Lipinski definition) is 5. The molecule has 0 amide bonds. The molecule has 0 unspecified atom stereocenters. The number of aldehydes is 2. The first-order valence-corrected chi connectivity index (χ1v) is 9.42. The first kappa shape index (κ1) is 29.5. The van der Waals surface area contributed by atoms with Gasteiger partial charge in [-0.15, -0.1) is 0 Å². The number of aliphatic imine (C=N–C) groups is 2. The number of carboxylic acids is 3. The van der Waals surface area contributed by atoms with E-state index in [2.05, 4.69) is 15.8 Å². The average Bonchev–Trinajstić information content (AvgIpc) is 2.80. The summed E-state index contributed by atoms with van der Waals surface area (Å²) in [6, 6.07) is 13.7. The Morgan fingerprint density at radius 3 is 1.29 bits per heavy atom. The summed E-state index contributed by atoms with van der Waals surface area (Å²) < 4.78 is 0. The summed E-state index contributed by atoms with van der Waals surface area (Å²) in [5.74, 6) is 1.63. The number of nitrogens with one attached hydrogen (secondary N) is 1. The van der Waals surface area contributed by atoms with Gasteiger partial charge in [0.05, 0.1) is 0 Å². The fourth-order valence-electron chi connectivity index (χ4n) is 2.00. The van der Waals surface area contributed by atoms with Crippen LogP contribution in [0.4, 0.5) is 0 Å². The maximum absolute atomic E-state index is 10.3. The third kappa shape index (κ3) is 14.5. The van der Waals surface area contributed by atoms with Gasteiger partial charge >= 0.3 is 17.9 Å². The minimum Gasteiger partial charge on any atom is -0.480 e. The maximum Gasteiger partial charge on any atom is 0.325 e. The third-order valence-electron chi connectivity index (χ3n) is 3.41. The lowest BCUT2D eigenvalue weighted by atomic mass is 10.1. The summed E-state index contributed by atoms with van der Waals surface area (Å²) in [5.41, 5.74) is 4.23. The topological polar surface area (TPSA) is 209 Å². The normalized spacial score (nSPS) is 9.91. The number of carboxylic acid groups (broad SMARTS) is 3. The molecule has 0 aliphatic rings. The van der Waals surface area contributed by atoms with Crippen molar-refractivity contribution in [1.29, 1.82) is 0 Å². The molecule has 34 heavy (non-hydrogen) atoms. The molecule has 0 heterocycles. The van der Waals surface area contributed by atoms with E-state index in [0.717, 1.165) is 0 Å². The highest BCUT2D eigenvalue weighted by atomic mass is 16.4. The van der Waals surface area contributed by atoms with Crippen LogP contribution in [0.3, 0.4) is 0 Å². The Labute approximate surface area is 194 Å². The molecule has 2 aromatic carbocycles. The number of carbonyl (C=O) groups is 5. The Hall–Kier alpha value is -4.55. The van der Waals surface area contributed by atoms with Gasteiger partial charge in [0.1, 0.15) is 19.6 Å². The zero-order valence-corrected chi connectivity index (χ0v) is 17.9. The number of hydrazine groups is 1. The standard InChI is InChI=1S/C12H12N2O4.C8H6O2.C2H6N2O2/c15-11(16)7-13-5-9-3-1-2-4-10(9)6-14-8-12(17)18;9-5-7-3-1-2-4-8(7)6-10;3-4-1-2(5)6/h1-6H,7-8H2,(H,15,16)(H,17,18);1-6H;4H,1,3H2,(H,5,6). The number of nitrogens with zero attached hydrogens (tertiary/aromatic N) is 2. The Bertz CT molecular complexity index is 949. The van der Waals surface area contributed by atoms with Crippen LogP contribution < -0.4 is 11.3 Å². The molecule has 0 fully saturated rings. The van der Waals surface area contributed by atoms with Crippen LogP contribution in [-0.4, -0.2) is 77.9 Å². The first-order chi connectivity index (χ1) is 16.2. The molecule has 6 N–H and O–H groups in total. The molecule has 2 rings (SSSR count). The molecule has 0 aromatic heterocycles. The molecule has 0 aliphatic carbocycles. The van der Waals surface area contributed by atoms with Crippen LogP contribution in [0.1, 0.15) is 31.8 Å². The number of aliphatic carboxylic acids is 3. The van der Waals surface area contributed by atoms with E-state index < -0.39 is 17.9 Å². The number of hydrogen-bond acceptors (Lipinski definition) is 9. The molecule has 0 bridgehead atoms. The van der Waals surface area contributed by atoms with E-state index in [1.807, 2.05) is 5.43 Å². The van der Waals surface area contributed by atoms with Crippen molar-refractivity contribution in [2.75, 3.05) is 19.6 Å². The Kier molecular flexibility index (Phi) is 15.6. The zero-order valence-electron chi connectivity index (χ0n) is 17.9. The highest BCUT2D eigenvalue weighted by molar-refractivity contribution is 5.95. The molecule has 0 saturated heterocycles. The van der Waals surface area contributed by atoms with Crippen LogP contribution in [0, 0.1) is 0 Å². The zero-order chi connectivity index (χ0) is 25.8. The SMILES string of the molecule is NNCC(=O)O.O=C(O)CN=Cc1ccccc1C=NCC(=O)O.O=Cc1ccccc1C=O. The highest BCUT2D eigenvalue weighted by Gasteiger charge is 1.98. The average molecular weight is 472 g/mol. The highest BCUT2D eigenvalue weighted by Crippen LogP contribution is 2.03. The molecular weight excluding hydrogens is 448 g/mol. The van der Waals surface area contributed by atoms with Gasteiger partial charge in [-0.1, -0.05) is 48.5 Å². The van der Waals surface area contributed by atoms with Crippen molar-refractivity contribution < 1.29 is 39.3 Å². The van der Waals surface area contributed by atoms with E-state index in [1.165, 1.54) is 12.4 Å². The summed E-state index contributed by atoms with van der Waals surface area (Å²) in [6.07, 6.45) is 4.19. The van der Waals surface area contributed by atoms with E-state index >= 15 is 0 Å². The second kappa shape index (κ2) is 18.1. The van der Waals surface area contributed by atoms with Gasteiger partial charge in [0.15, 0.2) is 12.6 Å². The second-order valence-electron chi connectivity index (χ2n) is 6.00. The largest absolute Gasteiger partial charge is 0.480 e. The van der Waals surface area contributed by atoms with Gasteiger partial charge in [0, 0.05) is 34.7 Å². The molecule has 0 atom stereocenters. The predicted molar refractivity (Wildman–Crippen MR) is 124 cm³/mol. The molecule has 180 valence electrons. The number of benzene rings is 2. The molecule has 0 saturated carbocycles. The van der Waals surface area contributed by atoms with Gasteiger partial charge in [-0.25, -0.2) is 5.43 Å². The number of rotatable bonds is 10.